The maximum Gasteiger partial charge on any atom is 0.337 e. The van der Waals surface area contributed by atoms with Crippen LogP contribution in [0.15, 0.2) is 52.4 Å². The van der Waals surface area contributed by atoms with Crippen molar-refractivity contribution in [3.8, 4) is 0 Å². The summed E-state index contributed by atoms with van der Waals surface area (Å²) in [4.78, 5) is 42.3. The molecule has 0 aliphatic rings. The number of thioether (sulfide) groups is 1. The molecule has 2 aromatic carbocycles. The Balaban J connectivity index is 2.15. The Morgan fingerprint density at radius 1 is 1.17 bits per heavy atom. The van der Waals surface area contributed by atoms with Gasteiger partial charge in [-0.2, -0.15) is 4.99 Å². The van der Waals surface area contributed by atoms with Crippen molar-refractivity contribution in [2.24, 2.45) is 4.99 Å². The van der Waals surface area contributed by atoms with Crippen molar-refractivity contribution in [1.82, 2.24) is 4.57 Å². The summed E-state index contributed by atoms with van der Waals surface area (Å²) in [5.74, 6) is -1.31. The highest BCUT2D eigenvalue weighted by molar-refractivity contribution is 7.98. The first-order valence-electron chi connectivity index (χ1n) is 9.07. The molecular formula is C21H20N2O5S2. The van der Waals surface area contributed by atoms with E-state index in [2.05, 4.69) is 4.99 Å². The highest BCUT2D eigenvalue weighted by Crippen LogP contribution is 2.22. The first kappa shape index (κ1) is 21.8. The Bertz CT molecular complexity index is 1180. The lowest BCUT2D eigenvalue weighted by Gasteiger charge is -2.06. The SMILES string of the molecule is CCOC(=O)Cn1c(=NC(=O)c2ccccc2SC)sc2cc(C(=O)OC)ccc21. The van der Waals surface area contributed by atoms with E-state index in [9.17, 15) is 14.4 Å². The number of fused-ring (bicyclic) bond motifs is 1. The van der Waals surface area contributed by atoms with Crippen LogP contribution in [0.4, 0.5) is 0 Å². The molecule has 1 aromatic heterocycles. The minimum atomic E-state index is -0.467. The third-order valence-corrected chi connectivity index (χ3v) is 6.07. The van der Waals surface area contributed by atoms with Gasteiger partial charge in [0.25, 0.3) is 5.91 Å². The third kappa shape index (κ3) is 4.63. The topological polar surface area (TPSA) is 87.0 Å². The molecule has 0 atom stereocenters. The van der Waals surface area contributed by atoms with E-state index in [1.807, 2.05) is 18.4 Å². The van der Waals surface area contributed by atoms with Gasteiger partial charge < -0.3 is 14.0 Å². The summed E-state index contributed by atoms with van der Waals surface area (Å²) in [7, 11) is 1.31. The lowest BCUT2D eigenvalue weighted by Crippen LogP contribution is -2.23. The van der Waals surface area contributed by atoms with Gasteiger partial charge in [-0.05, 0) is 43.5 Å². The maximum absolute atomic E-state index is 12.9. The summed E-state index contributed by atoms with van der Waals surface area (Å²) in [6.07, 6.45) is 1.89. The normalized spacial score (nSPS) is 11.5. The monoisotopic (exact) mass is 444 g/mol. The molecule has 0 radical (unpaired) electrons. The second-order valence-corrected chi connectivity index (χ2v) is 7.92. The van der Waals surface area contributed by atoms with E-state index in [0.29, 0.717) is 26.1 Å². The number of amides is 1. The number of hydrogen-bond donors (Lipinski definition) is 0. The minimum Gasteiger partial charge on any atom is -0.465 e. The summed E-state index contributed by atoms with van der Waals surface area (Å²) in [5.41, 5.74) is 1.53. The van der Waals surface area contributed by atoms with E-state index >= 15 is 0 Å². The fourth-order valence-electron chi connectivity index (χ4n) is 2.86. The summed E-state index contributed by atoms with van der Waals surface area (Å²) >= 11 is 2.67. The zero-order valence-corrected chi connectivity index (χ0v) is 18.3. The second kappa shape index (κ2) is 9.73. The van der Waals surface area contributed by atoms with Crippen LogP contribution in [0.2, 0.25) is 0 Å². The number of benzene rings is 2. The molecule has 1 heterocycles. The summed E-state index contributed by atoms with van der Waals surface area (Å²) in [6, 6.07) is 12.2. The number of hydrogen-bond acceptors (Lipinski definition) is 7. The van der Waals surface area contributed by atoms with Crippen LogP contribution in [0.25, 0.3) is 10.2 Å². The molecule has 0 fully saturated rings. The number of carbonyl (C=O) groups excluding carboxylic acids is 3. The molecule has 0 spiro atoms. The predicted molar refractivity (Wildman–Crippen MR) is 116 cm³/mol. The minimum absolute atomic E-state index is 0.0955. The molecule has 0 aliphatic carbocycles. The zero-order valence-electron chi connectivity index (χ0n) is 16.7. The maximum atomic E-state index is 12.9. The van der Waals surface area contributed by atoms with Crippen molar-refractivity contribution in [3.63, 3.8) is 0 Å². The van der Waals surface area contributed by atoms with Crippen LogP contribution >= 0.6 is 23.1 Å². The quantitative estimate of drug-likeness (QED) is 0.427. The van der Waals surface area contributed by atoms with Crippen LogP contribution in [-0.4, -0.2) is 42.4 Å². The van der Waals surface area contributed by atoms with Gasteiger partial charge in [-0.3, -0.25) is 9.59 Å². The molecule has 156 valence electrons. The number of methoxy groups -OCH3 is 1. The predicted octanol–water partition coefficient (Wildman–Crippen LogP) is 3.52. The molecule has 0 saturated heterocycles. The summed E-state index contributed by atoms with van der Waals surface area (Å²) in [5, 5.41) is 0. The van der Waals surface area contributed by atoms with Crippen LogP contribution < -0.4 is 4.80 Å². The Morgan fingerprint density at radius 2 is 1.93 bits per heavy atom. The van der Waals surface area contributed by atoms with Crippen LogP contribution in [0.5, 0.6) is 0 Å². The van der Waals surface area contributed by atoms with Gasteiger partial charge >= 0.3 is 11.9 Å². The lowest BCUT2D eigenvalue weighted by molar-refractivity contribution is -0.143. The first-order valence-corrected chi connectivity index (χ1v) is 11.1. The van der Waals surface area contributed by atoms with E-state index in [4.69, 9.17) is 9.47 Å². The van der Waals surface area contributed by atoms with Gasteiger partial charge in [0.1, 0.15) is 6.54 Å². The molecule has 1 amide bonds. The van der Waals surface area contributed by atoms with Crippen LogP contribution in [0.1, 0.15) is 27.6 Å². The highest BCUT2D eigenvalue weighted by Gasteiger charge is 2.16. The standard InChI is InChI=1S/C21H20N2O5S2/c1-4-28-18(24)12-23-15-10-9-13(20(26)27-2)11-17(15)30-21(23)22-19(25)14-7-5-6-8-16(14)29-3/h5-11H,4,12H2,1-3H3. The smallest absolute Gasteiger partial charge is 0.337 e. The fourth-order valence-corrected chi connectivity index (χ4v) is 4.52. The number of aromatic nitrogens is 1. The van der Waals surface area contributed by atoms with E-state index < -0.39 is 17.8 Å². The van der Waals surface area contributed by atoms with Gasteiger partial charge in [-0.25, -0.2) is 4.79 Å². The fraction of sp³-hybridized carbons (Fsp3) is 0.238. The number of esters is 2. The number of nitrogens with zero attached hydrogens (tertiary/aromatic N) is 2. The van der Waals surface area contributed by atoms with Crippen LogP contribution in [-0.2, 0) is 20.8 Å². The molecule has 0 N–H and O–H groups in total. The number of carbonyl (C=O) groups is 3. The molecule has 0 bridgehead atoms. The number of thiazole rings is 1. The molecule has 3 aromatic rings. The van der Waals surface area contributed by atoms with Crippen molar-refractivity contribution >= 4 is 51.2 Å². The van der Waals surface area contributed by atoms with E-state index in [1.54, 1.807) is 41.8 Å². The summed E-state index contributed by atoms with van der Waals surface area (Å²) < 4.78 is 12.2. The molecule has 3 rings (SSSR count). The first-order chi connectivity index (χ1) is 14.5. The second-order valence-electron chi connectivity index (χ2n) is 6.07. The Morgan fingerprint density at radius 3 is 2.63 bits per heavy atom. The van der Waals surface area contributed by atoms with Gasteiger partial charge in [-0.1, -0.05) is 23.5 Å². The van der Waals surface area contributed by atoms with Crippen molar-refractivity contribution in [2.45, 2.75) is 18.4 Å². The average molecular weight is 445 g/mol. The third-order valence-electron chi connectivity index (χ3n) is 4.23. The van der Waals surface area contributed by atoms with Crippen molar-refractivity contribution < 1.29 is 23.9 Å². The zero-order chi connectivity index (χ0) is 21.7. The van der Waals surface area contributed by atoms with Crippen LogP contribution in [0.3, 0.4) is 0 Å². The van der Waals surface area contributed by atoms with Crippen molar-refractivity contribution in [2.75, 3.05) is 20.0 Å². The Hall–Kier alpha value is -2.91. The van der Waals surface area contributed by atoms with Crippen molar-refractivity contribution in [1.29, 1.82) is 0 Å². The molecule has 9 heteroatoms. The average Bonchev–Trinajstić information content (AvgIpc) is 3.09. The van der Waals surface area contributed by atoms with Crippen LogP contribution in [0, 0.1) is 0 Å². The number of rotatable bonds is 6. The van der Waals surface area contributed by atoms with Gasteiger partial charge in [0.05, 0.1) is 35.1 Å². The largest absolute Gasteiger partial charge is 0.465 e. The number of ether oxygens (including phenoxy) is 2. The molecule has 30 heavy (non-hydrogen) atoms. The van der Waals surface area contributed by atoms with Crippen molar-refractivity contribution in [3.05, 3.63) is 58.4 Å². The Labute approximate surface area is 181 Å². The highest BCUT2D eigenvalue weighted by atomic mass is 32.2. The van der Waals surface area contributed by atoms with Gasteiger partial charge in [0, 0.05) is 4.90 Å². The van der Waals surface area contributed by atoms with E-state index in [-0.39, 0.29) is 13.2 Å². The molecule has 7 nitrogen and oxygen atoms in total. The van der Waals surface area contributed by atoms with Gasteiger partial charge in [0.15, 0.2) is 4.80 Å². The molecule has 0 aliphatic heterocycles. The Kier molecular flexibility index (Phi) is 7.07. The molecule has 0 unspecified atom stereocenters. The molecular weight excluding hydrogens is 424 g/mol. The molecule has 0 saturated carbocycles. The lowest BCUT2D eigenvalue weighted by atomic mass is 10.2. The summed E-state index contributed by atoms with van der Waals surface area (Å²) in [6.45, 7) is 1.88. The van der Waals surface area contributed by atoms with E-state index in [0.717, 1.165) is 4.90 Å². The van der Waals surface area contributed by atoms with Gasteiger partial charge in [-0.15, -0.1) is 11.8 Å². The van der Waals surface area contributed by atoms with Gasteiger partial charge in [0.2, 0.25) is 0 Å². The van der Waals surface area contributed by atoms with E-state index in [1.165, 1.54) is 30.2 Å².